The highest BCUT2D eigenvalue weighted by Gasteiger charge is 2.32. The number of benzene rings is 2. The van der Waals surface area contributed by atoms with Crippen molar-refractivity contribution in [3.8, 4) is 11.1 Å². The summed E-state index contributed by atoms with van der Waals surface area (Å²) in [7, 11) is -0.286. The minimum absolute atomic E-state index is 0.203. The van der Waals surface area contributed by atoms with Crippen LogP contribution in [0.2, 0.25) is 12.1 Å². The molecule has 2 aromatic rings. The molecule has 0 fully saturated rings. The van der Waals surface area contributed by atoms with Crippen molar-refractivity contribution in [1.82, 2.24) is 0 Å². The van der Waals surface area contributed by atoms with Gasteiger partial charge in [-0.1, -0.05) is 38.1 Å². The van der Waals surface area contributed by atoms with Crippen LogP contribution in [0.25, 0.3) is 11.1 Å². The Bertz CT molecular complexity index is 620. The quantitative estimate of drug-likeness (QED) is 0.730. The first-order valence-corrected chi connectivity index (χ1v) is 9.60. The van der Waals surface area contributed by atoms with Crippen molar-refractivity contribution in [3.05, 3.63) is 53.8 Å². The molecule has 118 valence electrons. The smallest absolute Gasteiger partial charge is 0.223 e. The molecule has 2 rings (SSSR count). The van der Waals surface area contributed by atoms with Crippen LogP contribution < -0.4 is 5.19 Å². The van der Waals surface area contributed by atoms with Crippen LogP contribution in [-0.2, 0) is 4.43 Å². The summed E-state index contributed by atoms with van der Waals surface area (Å²) in [6.07, 6.45) is 0. The maximum absolute atomic E-state index is 13.8. The molecule has 2 aromatic carbocycles. The van der Waals surface area contributed by atoms with E-state index in [-0.39, 0.29) is 5.56 Å². The Balaban J connectivity index is 2.46. The molecule has 0 bridgehead atoms. The van der Waals surface area contributed by atoms with E-state index >= 15 is 0 Å². The second-order valence-corrected chi connectivity index (χ2v) is 9.62. The molecule has 0 atom stereocenters. The van der Waals surface area contributed by atoms with E-state index in [4.69, 9.17) is 4.43 Å². The zero-order chi connectivity index (χ0) is 16.3. The Morgan fingerprint density at radius 3 is 1.82 bits per heavy atom. The van der Waals surface area contributed by atoms with Gasteiger partial charge in [0, 0.05) is 19.2 Å². The molecular formula is C17H19F3OSi. The first-order chi connectivity index (χ1) is 10.5. The molecule has 1 nitrogen and oxygen atoms in total. The molecule has 0 radical (unpaired) electrons. The summed E-state index contributed by atoms with van der Waals surface area (Å²) in [6.45, 7) is 4.18. The highest BCUT2D eigenvalue weighted by Crippen LogP contribution is 2.27. The van der Waals surface area contributed by atoms with E-state index in [0.717, 1.165) is 17.3 Å². The second-order valence-electron chi connectivity index (χ2n) is 5.23. The van der Waals surface area contributed by atoms with Crippen molar-refractivity contribution in [2.75, 3.05) is 7.11 Å². The molecule has 0 aliphatic heterocycles. The highest BCUT2D eigenvalue weighted by atomic mass is 28.4. The number of halogens is 3. The molecule has 5 heteroatoms. The molecule has 0 aliphatic carbocycles. The zero-order valence-corrected chi connectivity index (χ0v) is 13.9. The fraction of sp³-hybridized carbons (Fsp3) is 0.294. The standard InChI is InChI=1S/C17H19F3OSi/c1-4-22(5-2,21-3)14-8-6-12(7-9-14)17-15(19)10-13(18)11-16(17)20/h6-11H,4-5H2,1-3H3. The SMILES string of the molecule is CC[Si](CC)(OC)c1ccc(-c2c(F)cc(F)cc2F)cc1. The normalized spacial score (nSPS) is 11.7. The fourth-order valence-electron chi connectivity index (χ4n) is 2.82. The number of hydrogen-bond donors (Lipinski definition) is 0. The lowest BCUT2D eigenvalue weighted by Gasteiger charge is -2.27. The average molecular weight is 324 g/mol. The monoisotopic (exact) mass is 324 g/mol. The molecule has 22 heavy (non-hydrogen) atoms. The molecule has 0 spiro atoms. The van der Waals surface area contributed by atoms with Gasteiger partial charge in [0.2, 0.25) is 8.32 Å². The Labute approximate surface area is 129 Å². The topological polar surface area (TPSA) is 9.23 Å². The molecule has 0 aliphatic rings. The van der Waals surface area contributed by atoms with Gasteiger partial charge in [0.15, 0.2) is 0 Å². The van der Waals surface area contributed by atoms with Gasteiger partial charge in [-0.3, -0.25) is 0 Å². The summed E-state index contributed by atoms with van der Waals surface area (Å²) in [5.74, 6) is -2.71. The van der Waals surface area contributed by atoms with Crippen LogP contribution in [0.1, 0.15) is 13.8 Å². The van der Waals surface area contributed by atoms with Gasteiger partial charge >= 0.3 is 0 Å². The van der Waals surface area contributed by atoms with E-state index in [1.54, 1.807) is 19.2 Å². The second kappa shape index (κ2) is 6.67. The van der Waals surface area contributed by atoms with Crippen molar-refractivity contribution in [3.63, 3.8) is 0 Å². The number of hydrogen-bond acceptors (Lipinski definition) is 1. The van der Waals surface area contributed by atoms with Gasteiger partial charge in [0.1, 0.15) is 17.5 Å². The summed E-state index contributed by atoms with van der Waals surface area (Å²) >= 11 is 0. The molecular weight excluding hydrogens is 305 g/mol. The third kappa shape index (κ3) is 2.96. The van der Waals surface area contributed by atoms with E-state index in [0.29, 0.717) is 17.7 Å². The Morgan fingerprint density at radius 1 is 0.909 bits per heavy atom. The van der Waals surface area contributed by atoms with Gasteiger partial charge in [-0.2, -0.15) is 0 Å². The van der Waals surface area contributed by atoms with Crippen LogP contribution in [0.15, 0.2) is 36.4 Å². The van der Waals surface area contributed by atoms with Gasteiger partial charge in [-0.15, -0.1) is 0 Å². The van der Waals surface area contributed by atoms with Gasteiger partial charge in [0.05, 0.1) is 5.56 Å². The molecule has 0 saturated heterocycles. The summed E-state index contributed by atoms with van der Waals surface area (Å²) in [4.78, 5) is 0. The van der Waals surface area contributed by atoms with Crippen LogP contribution in [-0.4, -0.2) is 15.4 Å². The largest absolute Gasteiger partial charge is 0.416 e. The molecule has 0 aromatic heterocycles. The predicted octanol–water partition coefficient (Wildman–Crippen LogP) is 4.61. The highest BCUT2D eigenvalue weighted by molar-refractivity contribution is 6.86. The average Bonchev–Trinajstić information content (AvgIpc) is 2.50. The van der Waals surface area contributed by atoms with E-state index in [2.05, 4.69) is 13.8 Å². The van der Waals surface area contributed by atoms with Crippen LogP contribution in [0.3, 0.4) is 0 Å². The van der Waals surface area contributed by atoms with Gasteiger partial charge in [0.25, 0.3) is 0 Å². The van der Waals surface area contributed by atoms with Gasteiger partial charge in [-0.25, -0.2) is 13.2 Å². The van der Waals surface area contributed by atoms with E-state index < -0.39 is 25.8 Å². The fourth-order valence-corrected chi connectivity index (χ4v) is 5.73. The first kappa shape index (κ1) is 16.8. The number of rotatable bonds is 5. The Kier molecular flexibility index (Phi) is 5.08. The summed E-state index contributed by atoms with van der Waals surface area (Å²) in [6, 6.07) is 10.3. The lowest BCUT2D eigenvalue weighted by atomic mass is 10.0. The predicted molar refractivity (Wildman–Crippen MR) is 85.1 cm³/mol. The van der Waals surface area contributed by atoms with E-state index in [1.807, 2.05) is 12.1 Å². The molecule has 0 unspecified atom stereocenters. The van der Waals surface area contributed by atoms with Crippen molar-refractivity contribution in [2.24, 2.45) is 0 Å². The van der Waals surface area contributed by atoms with Crippen molar-refractivity contribution in [2.45, 2.75) is 25.9 Å². The maximum atomic E-state index is 13.8. The van der Waals surface area contributed by atoms with Gasteiger partial charge in [-0.05, 0) is 22.8 Å². The van der Waals surface area contributed by atoms with Crippen molar-refractivity contribution < 1.29 is 17.6 Å². The third-order valence-electron chi connectivity index (χ3n) is 4.24. The molecule has 0 heterocycles. The van der Waals surface area contributed by atoms with Crippen LogP contribution >= 0.6 is 0 Å². The lowest BCUT2D eigenvalue weighted by molar-refractivity contribution is 0.405. The third-order valence-corrected chi connectivity index (χ3v) is 8.69. The molecule has 0 saturated carbocycles. The minimum Gasteiger partial charge on any atom is -0.416 e. The summed E-state index contributed by atoms with van der Waals surface area (Å²) in [5.41, 5.74) is 0.190. The summed E-state index contributed by atoms with van der Waals surface area (Å²) in [5, 5.41) is 1.09. The maximum Gasteiger partial charge on any atom is 0.223 e. The summed E-state index contributed by atoms with van der Waals surface area (Å²) < 4.78 is 46.4. The van der Waals surface area contributed by atoms with E-state index in [9.17, 15) is 13.2 Å². The Hall–Kier alpha value is -1.59. The van der Waals surface area contributed by atoms with Crippen LogP contribution in [0, 0.1) is 17.5 Å². The van der Waals surface area contributed by atoms with E-state index in [1.165, 1.54) is 0 Å². The van der Waals surface area contributed by atoms with Crippen LogP contribution in [0.4, 0.5) is 13.2 Å². The zero-order valence-electron chi connectivity index (χ0n) is 12.9. The minimum atomic E-state index is -2.00. The van der Waals surface area contributed by atoms with Crippen molar-refractivity contribution in [1.29, 1.82) is 0 Å². The molecule has 0 amide bonds. The Morgan fingerprint density at radius 2 is 1.41 bits per heavy atom. The van der Waals surface area contributed by atoms with Crippen LogP contribution in [0.5, 0.6) is 0 Å². The first-order valence-electron chi connectivity index (χ1n) is 7.28. The lowest BCUT2D eigenvalue weighted by Crippen LogP contribution is -2.48. The molecule has 0 N–H and O–H groups in total. The van der Waals surface area contributed by atoms with Crippen molar-refractivity contribution >= 4 is 13.5 Å². The van der Waals surface area contributed by atoms with Gasteiger partial charge < -0.3 is 4.43 Å².